The highest BCUT2D eigenvalue weighted by Gasteiger charge is 2.34. The summed E-state index contributed by atoms with van der Waals surface area (Å²) < 4.78 is 28.0. The zero-order valence-corrected chi connectivity index (χ0v) is 17.1. The lowest BCUT2D eigenvalue weighted by atomic mass is 9.98. The largest absolute Gasteiger partial charge is 0.339 e. The van der Waals surface area contributed by atoms with E-state index in [2.05, 4.69) is 22.5 Å². The van der Waals surface area contributed by atoms with Crippen molar-refractivity contribution in [3.8, 4) is 0 Å². The third kappa shape index (κ3) is 4.92. The van der Waals surface area contributed by atoms with Crippen LogP contribution in [0.15, 0.2) is 45.8 Å². The molecule has 1 atom stereocenters. The summed E-state index contributed by atoms with van der Waals surface area (Å²) in [6.07, 6.45) is 1.41. The minimum Gasteiger partial charge on any atom is -0.339 e. The Labute approximate surface area is 158 Å². The Bertz CT molecular complexity index is 731. The Morgan fingerprint density at radius 1 is 1.36 bits per heavy atom. The van der Waals surface area contributed by atoms with Crippen LogP contribution in [0.2, 0.25) is 0 Å². The fourth-order valence-corrected chi connectivity index (χ4v) is 4.84. The van der Waals surface area contributed by atoms with Gasteiger partial charge >= 0.3 is 0 Å². The molecular formula is C18H25BrN2O3S. The molecule has 0 spiro atoms. The van der Waals surface area contributed by atoms with E-state index in [1.807, 2.05) is 13.8 Å². The van der Waals surface area contributed by atoms with E-state index < -0.39 is 10.0 Å². The van der Waals surface area contributed by atoms with Gasteiger partial charge in [0.15, 0.2) is 0 Å². The topological polar surface area (TPSA) is 57.7 Å². The van der Waals surface area contributed by atoms with Gasteiger partial charge in [-0.3, -0.25) is 4.79 Å². The molecule has 0 saturated carbocycles. The van der Waals surface area contributed by atoms with Crippen molar-refractivity contribution in [1.29, 1.82) is 0 Å². The molecule has 1 heterocycles. The van der Waals surface area contributed by atoms with Crippen LogP contribution in [0.3, 0.4) is 0 Å². The number of amides is 1. The monoisotopic (exact) mass is 428 g/mol. The summed E-state index contributed by atoms with van der Waals surface area (Å²) in [5.74, 6) is -0.278. The van der Waals surface area contributed by atoms with Crippen LogP contribution in [0, 0.1) is 5.92 Å². The predicted octanol–water partition coefficient (Wildman–Crippen LogP) is 3.27. The second-order valence-electron chi connectivity index (χ2n) is 6.47. The molecule has 1 fully saturated rings. The molecule has 1 aliphatic rings. The number of nitrogens with zero attached hydrogens (tertiary/aromatic N) is 2. The van der Waals surface area contributed by atoms with Crippen LogP contribution in [-0.4, -0.2) is 49.7 Å². The van der Waals surface area contributed by atoms with E-state index in [4.69, 9.17) is 0 Å². The van der Waals surface area contributed by atoms with Gasteiger partial charge in [-0.25, -0.2) is 8.42 Å². The van der Waals surface area contributed by atoms with E-state index in [1.54, 1.807) is 29.2 Å². The van der Waals surface area contributed by atoms with Crippen molar-refractivity contribution >= 4 is 31.9 Å². The maximum Gasteiger partial charge on any atom is 0.243 e. The molecule has 0 aliphatic carbocycles. The molecule has 1 saturated heterocycles. The number of piperidine rings is 1. The number of hydrogen-bond donors (Lipinski definition) is 0. The second kappa shape index (κ2) is 8.47. The summed E-state index contributed by atoms with van der Waals surface area (Å²) in [6.45, 7) is 9.50. The summed E-state index contributed by atoms with van der Waals surface area (Å²) in [5, 5.41) is 0. The zero-order chi connectivity index (χ0) is 18.6. The Morgan fingerprint density at radius 2 is 2.00 bits per heavy atom. The number of benzene rings is 1. The second-order valence-corrected chi connectivity index (χ2v) is 9.32. The van der Waals surface area contributed by atoms with Crippen LogP contribution in [0.1, 0.15) is 26.7 Å². The van der Waals surface area contributed by atoms with Gasteiger partial charge in [0.25, 0.3) is 0 Å². The van der Waals surface area contributed by atoms with E-state index in [0.717, 1.165) is 16.5 Å². The third-order valence-electron chi connectivity index (χ3n) is 4.34. The first-order valence-electron chi connectivity index (χ1n) is 8.44. The number of hydrogen-bond acceptors (Lipinski definition) is 3. The number of sulfonamides is 1. The maximum atomic E-state index is 12.9. The highest BCUT2D eigenvalue weighted by molar-refractivity contribution is 9.10. The highest BCUT2D eigenvalue weighted by atomic mass is 79.9. The smallest absolute Gasteiger partial charge is 0.243 e. The van der Waals surface area contributed by atoms with Crippen LogP contribution < -0.4 is 0 Å². The van der Waals surface area contributed by atoms with E-state index in [0.29, 0.717) is 26.1 Å². The van der Waals surface area contributed by atoms with Crippen LogP contribution in [0.4, 0.5) is 0 Å². The minimum absolute atomic E-state index is 0.0150. The third-order valence-corrected chi connectivity index (χ3v) is 6.75. The number of rotatable bonds is 6. The molecule has 0 bridgehead atoms. The molecule has 1 aromatic carbocycles. The molecule has 1 amide bonds. The lowest BCUT2D eigenvalue weighted by molar-refractivity contribution is -0.136. The summed E-state index contributed by atoms with van der Waals surface area (Å²) in [6, 6.07) is 6.60. The highest BCUT2D eigenvalue weighted by Crippen LogP contribution is 2.26. The van der Waals surface area contributed by atoms with Gasteiger partial charge in [-0.1, -0.05) is 28.1 Å². The van der Waals surface area contributed by atoms with Gasteiger partial charge in [0.2, 0.25) is 15.9 Å². The molecule has 2 rings (SSSR count). The molecule has 25 heavy (non-hydrogen) atoms. The standard InChI is InChI=1S/C18H25BrN2O3S/c1-4-20(12-14(2)3)18(22)15-6-5-11-21(13-15)25(23,24)17-9-7-16(19)8-10-17/h7-10,15H,2,4-6,11-13H2,1,3H3. The summed E-state index contributed by atoms with van der Waals surface area (Å²) in [7, 11) is -3.58. The van der Waals surface area contributed by atoms with Crippen molar-refractivity contribution < 1.29 is 13.2 Å². The van der Waals surface area contributed by atoms with Gasteiger partial charge in [0.05, 0.1) is 10.8 Å². The average Bonchev–Trinajstić information content (AvgIpc) is 2.59. The predicted molar refractivity (Wildman–Crippen MR) is 103 cm³/mol. The molecule has 0 N–H and O–H groups in total. The SMILES string of the molecule is C=C(C)CN(CC)C(=O)C1CCCN(S(=O)(=O)c2ccc(Br)cc2)C1. The van der Waals surface area contributed by atoms with Gasteiger partial charge in [0, 0.05) is 30.7 Å². The van der Waals surface area contributed by atoms with Gasteiger partial charge in [-0.2, -0.15) is 4.31 Å². The maximum absolute atomic E-state index is 12.9. The molecule has 0 aromatic heterocycles. The van der Waals surface area contributed by atoms with Gasteiger partial charge in [-0.05, 0) is 51.0 Å². The Kier molecular flexibility index (Phi) is 6.82. The fourth-order valence-electron chi connectivity index (χ4n) is 3.05. The Balaban J connectivity index is 2.15. The van der Waals surface area contributed by atoms with Crippen molar-refractivity contribution in [2.24, 2.45) is 5.92 Å². The zero-order valence-electron chi connectivity index (χ0n) is 14.7. The number of halogens is 1. The molecule has 1 aromatic rings. The van der Waals surface area contributed by atoms with Crippen LogP contribution in [-0.2, 0) is 14.8 Å². The van der Waals surface area contributed by atoms with E-state index >= 15 is 0 Å². The Hall–Kier alpha value is -1.18. The molecule has 1 unspecified atom stereocenters. The van der Waals surface area contributed by atoms with E-state index in [9.17, 15) is 13.2 Å². The van der Waals surface area contributed by atoms with Gasteiger partial charge in [0.1, 0.15) is 0 Å². The molecular weight excluding hydrogens is 404 g/mol. The first-order chi connectivity index (χ1) is 11.8. The average molecular weight is 429 g/mol. The molecule has 138 valence electrons. The van der Waals surface area contributed by atoms with Crippen LogP contribution in [0.25, 0.3) is 0 Å². The lowest BCUT2D eigenvalue weighted by Gasteiger charge is -2.34. The molecule has 0 radical (unpaired) electrons. The molecule has 7 heteroatoms. The van der Waals surface area contributed by atoms with Crippen molar-refractivity contribution in [2.75, 3.05) is 26.2 Å². The van der Waals surface area contributed by atoms with Gasteiger partial charge in [-0.15, -0.1) is 0 Å². The van der Waals surface area contributed by atoms with Crippen molar-refractivity contribution in [1.82, 2.24) is 9.21 Å². The fraction of sp³-hybridized carbons (Fsp3) is 0.500. The Morgan fingerprint density at radius 3 is 2.56 bits per heavy atom. The lowest BCUT2D eigenvalue weighted by Crippen LogP contribution is -2.47. The summed E-state index contributed by atoms with van der Waals surface area (Å²) in [4.78, 5) is 14.8. The molecule has 1 aliphatic heterocycles. The minimum atomic E-state index is -3.58. The first-order valence-corrected chi connectivity index (χ1v) is 10.7. The number of carbonyl (C=O) groups excluding carboxylic acids is 1. The molecule has 5 nitrogen and oxygen atoms in total. The van der Waals surface area contributed by atoms with Crippen molar-refractivity contribution in [2.45, 2.75) is 31.6 Å². The van der Waals surface area contributed by atoms with Crippen LogP contribution >= 0.6 is 15.9 Å². The summed E-state index contributed by atoms with van der Waals surface area (Å²) >= 11 is 3.31. The summed E-state index contributed by atoms with van der Waals surface area (Å²) in [5.41, 5.74) is 0.922. The van der Waals surface area contributed by atoms with Crippen molar-refractivity contribution in [3.63, 3.8) is 0 Å². The number of likely N-dealkylation sites (N-methyl/N-ethyl adjacent to an activating group) is 1. The van der Waals surface area contributed by atoms with E-state index in [1.165, 1.54) is 4.31 Å². The van der Waals surface area contributed by atoms with Crippen molar-refractivity contribution in [3.05, 3.63) is 40.9 Å². The van der Waals surface area contributed by atoms with Gasteiger partial charge < -0.3 is 4.90 Å². The quantitative estimate of drug-likeness (QED) is 0.653. The van der Waals surface area contributed by atoms with Crippen LogP contribution in [0.5, 0.6) is 0 Å². The number of carbonyl (C=O) groups is 1. The van der Waals surface area contributed by atoms with E-state index in [-0.39, 0.29) is 23.3 Å². The first kappa shape index (κ1) is 20.1. The normalized spacial score (nSPS) is 18.8.